The van der Waals surface area contributed by atoms with E-state index < -0.39 is 0 Å². The number of aromatic nitrogens is 1. The van der Waals surface area contributed by atoms with Crippen molar-refractivity contribution in [3.05, 3.63) is 28.6 Å². The molecule has 0 radical (unpaired) electrons. The molecule has 0 atom stereocenters. The fourth-order valence-corrected chi connectivity index (χ4v) is 2.51. The molecule has 0 unspecified atom stereocenters. The molecule has 0 saturated heterocycles. The summed E-state index contributed by atoms with van der Waals surface area (Å²) in [7, 11) is 0. The molecule has 0 fully saturated rings. The number of thioether (sulfide) groups is 1. The van der Waals surface area contributed by atoms with Gasteiger partial charge in [-0.05, 0) is 31.7 Å². The zero-order chi connectivity index (χ0) is 15.1. The van der Waals surface area contributed by atoms with Crippen molar-refractivity contribution in [2.75, 3.05) is 12.9 Å². The maximum Gasteiger partial charge on any atom is 0.167 e. The highest BCUT2D eigenvalue weighted by atomic mass is 35.5. The Labute approximate surface area is 128 Å². The van der Waals surface area contributed by atoms with Crippen molar-refractivity contribution in [3.8, 4) is 0 Å². The number of halogens is 2. The van der Waals surface area contributed by atoms with Gasteiger partial charge in [-0.1, -0.05) is 31.5 Å². The van der Waals surface area contributed by atoms with E-state index in [1.54, 1.807) is 30.0 Å². The topological polar surface area (TPSA) is 26.0 Å². The minimum Gasteiger partial charge on any atom is -0.454 e. The molecular formula is C15H19ClFNOS. The van der Waals surface area contributed by atoms with Crippen molar-refractivity contribution >= 4 is 40.5 Å². The standard InChI is InChI=1S/C13H13ClFNOS.C2H6/c1-8-9(5-3-4-6-15)17-13-10(18-2)7-11(14)16-12(8)13;1-2/h3,5,7H,4,6H2,1-2H3;1-2H3/b5-3-;. The van der Waals surface area contributed by atoms with Gasteiger partial charge in [0.05, 0.1) is 11.6 Å². The summed E-state index contributed by atoms with van der Waals surface area (Å²) in [5, 5.41) is 0.454. The molecule has 2 heterocycles. The highest BCUT2D eigenvalue weighted by molar-refractivity contribution is 7.98. The number of hydrogen-bond acceptors (Lipinski definition) is 3. The molecule has 0 aromatic carbocycles. The third-order valence-corrected chi connectivity index (χ3v) is 3.55. The highest BCUT2D eigenvalue weighted by Gasteiger charge is 2.14. The lowest BCUT2D eigenvalue weighted by molar-refractivity contribution is 0.501. The van der Waals surface area contributed by atoms with E-state index in [-0.39, 0.29) is 6.67 Å². The molecule has 20 heavy (non-hydrogen) atoms. The van der Waals surface area contributed by atoms with E-state index in [0.29, 0.717) is 17.3 Å². The van der Waals surface area contributed by atoms with Crippen LogP contribution in [0.4, 0.5) is 4.39 Å². The van der Waals surface area contributed by atoms with E-state index in [1.807, 2.05) is 27.0 Å². The number of furan rings is 1. The van der Waals surface area contributed by atoms with Crippen molar-refractivity contribution in [3.63, 3.8) is 0 Å². The molecule has 2 aromatic rings. The summed E-state index contributed by atoms with van der Waals surface area (Å²) in [5.74, 6) is 0.712. The quantitative estimate of drug-likeness (QED) is 0.518. The van der Waals surface area contributed by atoms with E-state index in [4.69, 9.17) is 16.0 Å². The predicted octanol–water partition coefficient (Wildman–Crippen LogP) is 5.91. The summed E-state index contributed by atoms with van der Waals surface area (Å²) >= 11 is 7.54. The van der Waals surface area contributed by atoms with Crippen molar-refractivity contribution in [2.24, 2.45) is 0 Å². The first-order valence-electron chi connectivity index (χ1n) is 6.53. The Morgan fingerprint density at radius 2 is 2.15 bits per heavy atom. The van der Waals surface area contributed by atoms with Gasteiger partial charge in [0, 0.05) is 5.56 Å². The minimum absolute atomic E-state index is 0.365. The van der Waals surface area contributed by atoms with Gasteiger partial charge in [-0.3, -0.25) is 4.39 Å². The Hall–Kier alpha value is -1.00. The van der Waals surface area contributed by atoms with Crippen molar-refractivity contribution in [1.29, 1.82) is 0 Å². The van der Waals surface area contributed by atoms with Gasteiger partial charge in [0.2, 0.25) is 0 Å². The molecule has 2 nitrogen and oxygen atoms in total. The average molecular weight is 316 g/mol. The lowest BCUT2D eigenvalue weighted by atomic mass is 10.2. The number of rotatable bonds is 4. The van der Waals surface area contributed by atoms with Crippen molar-refractivity contribution in [1.82, 2.24) is 4.98 Å². The third kappa shape index (κ3) is 3.76. The van der Waals surface area contributed by atoms with Crippen LogP contribution in [0.2, 0.25) is 5.15 Å². The molecule has 0 amide bonds. The van der Waals surface area contributed by atoms with E-state index in [2.05, 4.69) is 4.98 Å². The highest BCUT2D eigenvalue weighted by Crippen LogP contribution is 2.33. The molecule has 110 valence electrons. The van der Waals surface area contributed by atoms with Crippen LogP contribution < -0.4 is 0 Å². The molecule has 0 aliphatic rings. The van der Waals surface area contributed by atoms with Crippen LogP contribution in [0.1, 0.15) is 31.6 Å². The number of allylic oxidation sites excluding steroid dienone is 1. The first-order valence-corrected chi connectivity index (χ1v) is 8.13. The van der Waals surface area contributed by atoms with E-state index >= 15 is 0 Å². The van der Waals surface area contributed by atoms with Gasteiger partial charge >= 0.3 is 0 Å². The van der Waals surface area contributed by atoms with E-state index in [0.717, 1.165) is 21.6 Å². The predicted molar refractivity (Wildman–Crippen MR) is 86.5 cm³/mol. The maximum absolute atomic E-state index is 12.1. The molecule has 0 saturated carbocycles. The summed E-state index contributed by atoms with van der Waals surface area (Å²) in [6, 6.07) is 1.78. The normalized spacial score (nSPS) is 10.9. The third-order valence-electron chi connectivity index (χ3n) is 2.61. The number of fused-ring (bicyclic) bond motifs is 1. The number of hydrogen-bond donors (Lipinski definition) is 0. The molecule has 2 rings (SSSR count). The Bertz CT molecular complexity index is 595. The Morgan fingerprint density at radius 3 is 2.75 bits per heavy atom. The van der Waals surface area contributed by atoms with Crippen LogP contribution in [0.5, 0.6) is 0 Å². The second-order valence-corrected chi connectivity index (χ2v) is 5.03. The van der Waals surface area contributed by atoms with Crippen LogP contribution in [0.3, 0.4) is 0 Å². The van der Waals surface area contributed by atoms with Crippen LogP contribution in [0.15, 0.2) is 21.5 Å². The first-order chi connectivity index (χ1) is 9.67. The van der Waals surface area contributed by atoms with E-state index in [9.17, 15) is 4.39 Å². The molecule has 0 aliphatic carbocycles. The largest absolute Gasteiger partial charge is 0.454 e. The maximum atomic E-state index is 12.1. The van der Waals surface area contributed by atoms with Crippen LogP contribution in [-0.2, 0) is 0 Å². The SMILES string of the molecule is CC.CSc1cc(Cl)nc2c(C)c(/C=C\CCF)oc12. The summed E-state index contributed by atoms with van der Waals surface area (Å²) in [6.45, 7) is 5.56. The smallest absolute Gasteiger partial charge is 0.167 e. The summed E-state index contributed by atoms with van der Waals surface area (Å²) < 4.78 is 17.8. The van der Waals surface area contributed by atoms with Gasteiger partial charge in [-0.15, -0.1) is 11.8 Å². The van der Waals surface area contributed by atoms with Crippen LogP contribution >= 0.6 is 23.4 Å². The van der Waals surface area contributed by atoms with Crippen molar-refractivity contribution in [2.45, 2.75) is 32.1 Å². The van der Waals surface area contributed by atoms with Crippen LogP contribution in [0.25, 0.3) is 17.2 Å². The second kappa shape index (κ2) is 8.32. The fourth-order valence-electron chi connectivity index (χ4n) is 1.70. The van der Waals surface area contributed by atoms with Gasteiger partial charge < -0.3 is 4.42 Å². The average Bonchev–Trinajstić information content (AvgIpc) is 2.78. The lowest BCUT2D eigenvalue weighted by Gasteiger charge is -1.97. The molecule has 2 aromatic heterocycles. The Balaban J connectivity index is 0.000000956. The molecule has 0 aliphatic heterocycles. The minimum atomic E-state index is -0.365. The zero-order valence-electron chi connectivity index (χ0n) is 12.2. The number of aryl methyl sites for hydroxylation is 1. The van der Waals surface area contributed by atoms with Crippen LogP contribution in [0, 0.1) is 6.92 Å². The number of pyridine rings is 1. The zero-order valence-corrected chi connectivity index (χ0v) is 13.7. The van der Waals surface area contributed by atoms with E-state index in [1.165, 1.54) is 0 Å². The lowest BCUT2D eigenvalue weighted by Crippen LogP contribution is -1.81. The number of nitrogens with zero attached hydrogens (tertiary/aromatic N) is 1. The van der Waals surface area contributed by atoms with Gasteiger partial charge in [0.1, 0.15) is 16.4 Å². The van der Waals surface area contributed by atoms with Gasteiger partial charge in [0.15, 0.2) is 5.58 Å². The molecule has 0 N–H and O–H groups in total. The summed E-state index contributed by atoms with van der Waals surface area (Å²) in [4.78, 5) is 5.24. The van der Waals surface area contributed by atoms with Gasteiger partial charge in [-0.25, -0.2) is 4.98 Å². The summed E-state index contributed by atoms with van der Waals surface area (Å²) in [6.07, 6.45) is 5.89. The molecular weight excluding hydrogens is 297 g/mol. The Kier molecular flexibility index (Phi) is 7.10. The molecule has 5 heteroatoms. The Morgan fingerprint density at radius 1 is 1.45 bits per heavy atom. The monoisotopic (exact) mass is 315 g/mol. The second-order valence-electron chi connectivity index (χ2n) is 3.80. The fraction of sp³-hybridized carbons (Fsp3) is 0.400. The van der Waals surface area contributed by atoms with Crippen molar-refractivity contribution < 1.29 is 8.81 Å². The van der Waals surface area contributed by atoms with Gasteiger partial charge in [0.25, 0.3) is 0 Å². The first kappa shape index (κ1) is 17.1. The molecule has 0 spiro atoms. The molecule has 0 bridgehead atoms. The summed E-state index contributed by atoms with van der Waals surface area (Å²) in [5.41, 5.74) is 2.44. The number of alkyl halides is 1. The van der Waals surface area contributed by atoms with Gasteiger partial charge in [-0.2, -0.15) is 0 Å². The van der Waals surface area contributed by atoms with Crippen LogP contribution in [-0.4, -0.2) is 17.9 Å².